The zero-order valence-electron chi connectivity index (χ0n) is 10.7. The fraction of sp³-hybridized carbons (Fsp3) is 0.900. The predicted octanol–water partition coefficient (Wildman–Crippen LogP) is -2.44. The van der Waals surface area contributed by atoms with E-state index in [1.807, 2.05) is 5.73 Å². The largest absolute Gasteiger partial charge is 0.369 e. The van der Waals surface area contributed by atoms with E-state index in [4.69, 9.17) is 1.41 Å². The summed E-state index contributed by atoms with van der Waals surface area (Å²) >= 11 is 0. The maximum atomic E-state index is 11.2. The molecule has 1 heterocycles. The molecule has 0 aromatic heterocycles. The summed E-state index contributed by atoms with van der Waals surface area (Å²) in [4.78, 5) is 13.2. The Labute approximate surface area is 98.4 Å². The van der Waals surface area contributed by atoms with Crippen molar-refractivity contribution in [3.63, 3.8) is 0 Å². The van der Waals surface area contributed by atoms with Crippen LogP contribution in [0.3, 0.4) is 0 Å². The lowest BCUT2D eigenvalue weighted by Crippen LogP contribution is -2.44. The topological polar surface area (TPSA) is 82.4 Å². The molecule has 16 heavy (non-hydrogen) atoms. The lowest BCUT2D eigenvalue weighted by molar-refractivity contribution is -0.119. The first kappa shape index (κ1) is 11.8. The number of carbonyl (C=O) groups excluding carboxylic acids is 1. The fourth-order valence-corrected chi connectivity index (χ4v) is 1.68. The summed E-state index contributed by atoms with van der Waals surface area (Å²) in [5.74, 6) is -0.251. The molecule has 0 bridgehead atoms. The number of nitrogens with zero attached hydrogens (tertiary/aromatic N) is 1. The molecule has 94 valence electrons. The number of hydrogen-bond acceptors (Lipinski definition) is 5. The lowest BCUT2D eigenvalue weighted by Gasteiger charge is -2.22. The Morgan fingerprint density at radius 1 is 1.06 bits per heavy atom. The summed E-state index contributed by atoms with van der Waals surface area (Å²) in [7, 11) is 0. The minimum atomic E-state index is -0.251. The van der Waals surface area contributed by atoms with Gasteiger partial charge in [-0.3, -0.25) is 9.69 Å². The molecule has 5 N–H and O–H groups in total. The number of amides is 1. The predicted molar refractivity (Wildman–Crippen MR) is 64.2 cm³/mol. The highest BCUT2D eigenvalue weighted by Crippen LogP contribution is 1.86. The average molecular weight is 230 g/mol. The Morgan fingerprint density at radius 2 is 1.56 bits per heavy atom. The molecule has 1 rings (SSSR count). The Bertz CT molecular complexity index is 205. The summed E-state index contributed by atoms with van der Waals surface area (Å²) in [6, 6.07) is 0. The van der Waals surface area contributed by atoms with E-state index in [0.717, 1.165) is 52.4 Å². The van der Waals surface area contributed by atoms with Gasteiger partial charge in [-0.25, -0.2) is 0 Å². The molecular formula is C10H23N5O. The van der Waals surface area contributed by atoms with E-state index in [9.17, 15) is 4.79 Å². The fourth-order valence-electron chi connectivity index (χ4n) is 1.68. The number of nitrogens with one attached hydrogen (secondary N) is 3. The van der Waals surface area contributed by atoms with Crippen molar-refractivity contribution in [1.29, 1.82) is 0 Å². The average Bonchev–Trinajstić information content (AvgIpc) is 2.32. The van der Waals surface area contributed by atoms with Crippen LogP contribution in [-0.2, 0) is 4.79 Å². The van der Waals surface area contributed by atoms with E-state index in [1.54, 1.807) is 0 Å². The van der Waals surface area contributed by atoms with Crippen LogP contribution < -0.4 is 21.7 Å². The van der Waals surface area contributed by atoms with Crippen LogP contribution in [-0.4, -0.2) is 69.7 Å². The van der Waals surface area contributed by atoms with Crippen molar-refractivity contribution in [3.8, 4) is 0 Å². The second kappa shape index (κ2) is 8.46. The molecule has 6 nitrogen and oxygen atoms in total. The van der Waals surface area contributed by atoms with Gasteiger partial charge in [0.1, 0.15) is 0 Å². The Balaban J connectivity index is 2.29. The smallest absolute Gasteiger partial charge is 0.231 e. The van der Waals surface area contributed by atoms with Crippen molar-refractivity contribution >= 4 is 5.91 Å². The lowest BCUT2D eigenvalue weighted by atomic mass is 10.4. The number of primary amides is 1. The van der Waals surface area contributed by atoms with Gasteiger partial charge < -0.3 is 21.7 Å². The molecule has 0 spiro atoms. The van der Waals surface area contributed by atoms with Crippen molar-refractivity contribution in [2.75, 3.05) is 58.9 Å². The van der Waals surface area contributed by atoms with Gasteiger partial charge in [-0.05, 0) is 0 Å². The molecule has 6 heteroatoms. The van der Waals surface area contributed by atoms with Crippen molar-refractivity contribution in [2.45, 2.75) is 0 Å². The molecule has 1 fully saturated rings. The third-order valence-electron chi connectivity index (χ3n) is 2.53. The molecule has 0 atom stereocenters. The normalized spacial score (nSPS) is 22.6. The molecule has 1 aliphatic heterocycles. The molecule has 0 aromatic rings. The molecule has 0 radical (unpaired) electrons. The van der Waals surface area contributed by atoms with Gasteiger partial charge in [-0.1, -0.05) is 0 Å². The Hall–Kier alpha value is -0.690. The van der Waals surface area contributed by atoms with Gasteiger partial charge in [0.05, 0.1) is 6.54 Å². The monoisotopic (exact) mass is 230 g/mol. The molecule has 1 amide bonds. The van der Waals surface area contributed by atoms with Gasteiger partial charge >= 0.3 is 0 Å². The van der Waals surface area contributed by atoms with Crippen molar-refractivity contribution in [1.82, 2.24) is 20.9 Å². The molecule has 0 aliphatic carbocycles. The van der Waals surface area contributed by atoms with Crippen molar-refractivity contribution in [3.05, 3.63) is 0 Å². The van der Waals surface area contributed by atoms with Crippen LogP contribution in [0.2, 0.25) is 1.41 Å². The zero-order valence-corrected chi connectivity index (χ0v) is 9.72. The first-order valence-electron chi connectivity index (χ1n) is 6.38. The van der Waals surface area contributed by atoms with Crippen LogP contribution in [0.25, 0.3) is 0 Å². The molecule has 1 aliphatic rings. The van der Waals surface area contributed by atoms with E-state index in [1.165, 1.54) is 0 Å². The SMILES string of the molecule is [2H]NC(=O)CN1CCNCCNCCNCC1. The second-order valence-corrected chi connectivity index (χ2v) is 3.95. The van der Waals surface area contributed by atoms with Crippen LogP contribution in [0.4, 0.5) is 0 Å². The van der Waals surface area contributed by atoms with Crippen LogP contribution >= 0.6 is 0 Å². The summed E-state index contributed by atoms with van der Waals surface area (Å²) in [6.45, 7) is 7.51. The first-order chi connectivity index (χ1) is 8.33. The van der Waals surface area contributed by atoms with Crippen LogP contribution in [0.5, 0.6) is 0 Å². The first-order valence-corrected chi connectivity index (χ1v) is 5.88. The second-order valence-electron chi connectivity index (χ2n) is 3.95. The Kier molecular flexibility index (Phi) is 6.23. The number of carbonyl (C=O) groups is 1. The van der Waals surface area contributed by atoms with Gasteiger partial charge in [0.2, 0.25) is 5.91 Å². The molecule has 1 saturated heterocycles. The maximum Gasteiger partial charge on any atom is 0.231 e. The van der Waals surface area contributed by atoms with E-state index >= 15 is 0 Å². The standard InChI is InChI=1S/C10H23N5O/c11-10(16)9-15-7-5-13-3-1-12-2-4-14-6-8-15/h12-14H,1-9H2,(H2,11,16)/i/hD. The third-order valence-corrected chi connectivity index (χ3v) is 2.53. The van der Waals surface area contributed by atoms with Crippen molar-refractivity contribution < 1.29 is 6.21 Å². The van der Waals surface area contributed by atoms with E-state index in [0.29, 0.717) is 6.54 Å². The number of hydrogen-bond donors (Lipinski definition) is 4. The van der Waals surface area contributed by atoms with E-state index < -0.39 is 0 Å². The van der Waals surface area contributed by atoms with Crippen molar-refractivity contribution in [2.24, 2.45) is 5.73 Å². The highest BCUT2D eigenvalue weighted by molar-refractivity contribution is 5.75. The highest BCUT2D eigenvalue weighted by Gasteiger charge is 2.07. The van der Waals surface area contributed by atoms with Crippen LogP contribution in [0.15, 0.2) is 0 Å². The quantitative estimate of drug-likeness (QED) is 0.423. The third kappa shape index (κ3) is 6.73. The number of nitrogens with two attached hydrogens (primary N) is 1. The highest BCUT2D eigenvalue weighted by atomic mass is 16.1. The summed E-state index contributed by atoms with van der Waals surface area (Å²) in [5, 5.41) is 9.97. The van der Waals surface area contributed by atoms with E-state index in [-0.39, 0.29) is 5.91 Å². The number of rotatable bonds is 2. The Morgan fingerprint density at radius 3 is 2.06 bits per heavy atom. The minimum absolute atomic E-state index is 0.251. The van der Waals surface area contributed by atoms with Gasteiger partial charge in [0.25, 0.3) is 0 Å². The van der Waals surface area contributed by atoms with Gasteiger partial charge in [-0.15, -0.1) is 0 Å². The molecule has 0 unspecified atom stereocenters. The molecular weight excluding hydrogens is 206 g/mol. The minimum Gasteiger partial charge on any atom is -0.369 e. The zero-order chi connectivity index (χ0) is 12.3. The van der Waals surface area contributed by atoms with Gasteiger partial charge in [-0.2, -0.15) is 0 Å². The summed E-state index contributed by atoms with van der Waals surface area (Å²) in [6.07, 6.45) is 0. The van der Waals surface area contributed by atoms with E-state index in [2.05, 4.69) is 20.9 Å². The summed E-state index contributed by atoms with van der Waals surface area (Å²) < 4.78 is 6.80. The van der Waals surface area contributed by atoms with Crippen LogP contribution in [0, 0.1) is 0 Å². The van der Waals surface area contributed by atoms with Crippen LogP contribution in [0.1, 0.15) is 0 Å². The van der Waals surface area contributed by atoms with Gasteiger partial charge in [0, 0.05) is 52.4 Å². The molecule has 0 saturated carbocycles. The molecule has 0 aromatic carbocycles. The maximum absolute atomic E-state index is 11.2. The summed E-state index contributed by atoms with van der Waals surface area (Å²) in [5.41, 5.74) is 1.92. The van der Waals surface area contributed by atoms with Gasteiger partial charge in [0.15, 0.2) is 1.41 Å².